The smallest absolute Gasteiger partial charge is 0.119 e. The summed E-state index contributed by atoms with van der Waals surface area (Å²) in [5.41, 5.74) is 8.64. The van der Waals surface area contributed by atoms with E-state index in [0.717, 1.165) is 31.4 Å². The van der Waals surface area contributed by atoms with Gasteiger partial charge in [-0.25, -0.2) is 0 Å². The quantitative estimate of drug-likeness (QED) is 0.809. The summed E-state index contributed by atoms with van der Waals surface area (Å²) < 4.78 is 5.62. The zero-order valence-electron chi connectivity index (χ0n) is 9.98. The van der Waals surface area contributed by atoms with E-state index in [2.05, 4.69) is 18.2 Å². The molecule has 0 spiro atoms. The number of benzene rings is 1. The van der Waals surface area contributed by atoms with Crippen molar-refractivity contribution in [1.29, 1.82) is 5.26 Å². The van der Waals surface area contributed by atoms with Crippen molar-refractivity contribution in [3.05, 3.63) is 29.3 Å². The lowest BCUT2D eigenvalue weighted by atomic mass is 9.88. The summed E-state index contributed by atoms with van der Waals surface area (Å²) in [4.78, 5) is 0. The third kappa shape index (κ3) is 2.98. The molecule has 0 bridgehead atoms. The lowest BCUT2D eigenvalue weighted by molar-refractivity contribution is 0.312. The zero-order chi connectivity index (χ0) is 12.1. The zero-order valence-corrected chi connectivity index (χ0v) is 9.98. The van der Waals surface area contributed by atoms with Gasteiger partial charge in [-0.2, -0.15) is 5.26 Å². The largest absolute Gasteiger partial charge is 0.494 e. The van der Waals surface area contributed by atoms with E-state index in [1.165, 1.54) is 11.1 Å². The average molecular weight is 230 g/mol. The van der Waals surface area contributed by atoms with Gasteiger partial charge in [0.15, 0.2) is 0 Å². The molecule has 0 saturated heterocycles. The van der Waals surface area contributed by atoms with Crippen LogP contribution in [-0.2, 0) is 6.42 Å². The van der Waals surface area contributed by atoms with Gasteiger partial charge in [0.1, 0.15) is 5.75 Å². The molecule has 0 fully saturated rings. The third-order valence-electron chi connectivity index (χ3n) is 3.18. The Kier molecular flexibility index (Phi) is 4.00. The summed E-state index contributed by atoms with van der Waals surface area (Å²) in [6.07, 6.45) is 4.67. The van der Waals surface area contributed by atoms with Crippen LogP contribution in [0.2, 0.25) is 0 Å². The highest BCUT2D eigenvalue weighted by molar-refractivity contribution is 5.38. The molecule has 1 unspecified atom stereocenters. The minimum atomic E-state index is 0.186. The van der Waals surface area contributed by atoms with E-state index in [0.29, 0.717) is 13.0 Å². The minimum absolute atomic E-state index is 0.186. The van der Waals surface area contributed by atoms with Gasteiger partial charge >= 0.3 is 0 Å². The Morgan fingerprint density at radius 1 is 1.47 bits per heavy atom. The van der Waals surface area contributed by atoms with Gasteiger partial charge in [0.25, 0.3) is 0 Å². The van der Waals surface area contributed by atoms with Crippen molar-refractivity contribution < 1.29 is 4.74 Å². The first-order valence-electron chi connectivity index (χ1n) is 6.19. The van der Waals surface area contributed by atoms with E-state index in [1.807, 2.05) is 6.07 Å². The summed E-state index contributed by atoms with van der Waals surface area (Å²) in [6.45, 7) is 0.610. The first-order valence-corrected chi connectivity index (χ1v) is 6.19. The molecule has 1 atom stereocenters. The fourth-order valence-electron chi connectivity index (χ4n) is 2.26. The first kappa shape index (κ1) is 11.9. The number of ether oxygens (including phenoxy) is 1. The molecule has 0 amide bonds. The maximum Gasteiger partial charge on any atom is 0.119 e. The highest BCUT2D eigenvalue weighted by Gasteiger charge is 2.16. The number of nitrogens with zero attached hydrogens (tertiary/aromatic N) is 1. The third-order valence-corrected chi connectivity index (χ3v) is 3.18. The van der Waals surface area contributed by atoms with Crippen molar-refractivity contribution in [3.8, 4) is 11.8 Å². The number of nitriles is 1. The molecule has 0 saturated carbocycles. The standard InChI is InChI=1S/C14H18N2O/c15-8-1-2-9-17-12-6-7-13-11(10-12)4-3-5-14(13)16/h6-7,10,14H,1-5,9,16H2. The number of fused-ring (bicyclic) bond motifs is 1. The van der Waals surface area contributed by atoms with Crippen LogP contribution in [0.1, 0.15) is 42.9 Å². The lowest BCUT2D eigenvalue weighted by Crippen LogP contribution is -2.17. The molecule has 0 aliphatic heterocycles. The molecule has 2 rings (SSSR count). The number of aryl methyl sites for hydroxylation is 1. The Labute approximate surface area is 102 Å². The number of hydrogen-bond donors (Lipinski definition) is 1. The van der Waals surface area contributed by atoms with E-state index >= 15 is 0 Å². The lowest BCUT2D eigenvalue weighted by Gasteiger charge is -2.22. The van der Waals surface area contributed by atoms with E-state index in [-0.39, 0.29) is 6.04 Å². The van der Waals surface area contributed by atoms with Crippen LogP contribution < -0.4 is 10.5 Å². The van der Waals surface area contributed by atoms with Crippen LogP contribution >= 0.6 is 0 Å². The number of unbranched alkanes of at least 4 members (excludes halogenated alkanes) is 1. The topological polar surface area (TPSA) is 59.0 Å². The van der Waals surface area contributed by atoms with Crippen LogP contribution in [-0.4, -0.2) is 6.61 Å². The molecule has 3 heteroatoms. The van der Waals surface area contributed by atoms with Gasteiger partial charge in [-0.3, -0.25) is 0 Å². The molecule has 90 valence electrons. The fraction of sp³-hybridized carbons (Fsp3) is 0.500. The molecule has 1 aromatic rings. The Bertz CT molecular complexity index is 423. The summed E-state index contributed by atoms with van der Waals surface area (Å²) in [6, 6.07) is 8.46. The fourth-order valence-corrected chi connectivity index (χ4v) is 2.26. The summed E-state index contributed by atoms with van der Waals surface area (Å²) in [7, 11) is 0. The number of rotatable bonds is 4. The predicted octanol–water partition coefficient (Wildman–Crippen LogP) is 2.71. The van der Waals surface area contributed by atoms with Crippen LogP contribution in [0.25, 0.3) is 0 Å². The summed E-state index contributed by atoms with van der Waals surface area (Å²) >= 11 is 0. The van der Waals surface area contributed by atoms with Crippen LogP contribution in [0.3, 0.4) is 0 Å². The number of nitrogens with two attached hydrogens (primary N) is 1. The van der Waals surface area contributed by atoms with Crippen LogP contribution in [0, 0.1) is 11.3 Å². The maximum atomic E-state index is 8.43. The van der Waals surface area contributed by atoms with Gasteiger partial charge in [-0.05, 0) is 48.9 Å². The molecule has 0 heterocycles. The normalized spacial score (nSPS) is 18.2. The molecule has 1 aliphatic rings. The van der Waals surface area contributed by atoms with Crippen molar-refractivity contribution in [2.24, 2.45) is 5.73 Å². The SMILES string of the molecule is N#CCCCOc1ccc2c(c1)CCCC2N. The van der Waals surface area contributed by atoms with E-state index in [1.54, 1.807) is 0 Å². The average Bonchev–Trinajstić information content (AvgIpc) is 2.35. The van der Waals surface area contributed by atoms with Crippen molar-refractivity contribution in [2.75, 3.05) is 6.61 Å². The van der Waals surface area contributed by atoms with Gasteiger partial charge < -0.3 is 10.5 Å². The Hall–Kier alpha value is -1.53. The van der Waals surface area contributed by atoms with Crippen molar-refractivity contribution >= 4 is 0 Å². The molecule has 2 N–H and O–H groups in total. The Morgan fingerprint density at radius 3 is 3.18 bits per heavy atom. The highest BCUT2D eigenvalue weighted by Crippen LogP contribution is 2.30. The predicted molar refractivity (Wildman–Crippen MR) is 66.7 cm³/mol. The minimum Gasteiger partial charge on any atom is -0.494 e. The Morgan fingerprint density at radius 2 is 2.35 bits per heavy atom. The summed E-state index contributed by atoms with van der Waals surface area (Å²) in [5.74, 6) is 0.899. The molecule has 3 nitrogen and oxygen atoms in total. The second-order valence-corrected chi connectivity index (χ2v) is 4.47. The van der Waals surface area contributed by atoms with Crippen LogP contribution in [0.5, 0.6) is 5.75 Å². The second-order valence-electron chi connectivity index (χ2n) is 4.47. The molecule has 1 aliphatic carbocycles. The van der Waals surface area contributed by atoms with Gasteiger partial charge in [0, 0.05) is 12.5 Å². The molecule has 0 aromatic heterocycles. The van der Waals surface area contributed by atoms with Gasteiger partial charge in [-0.15, -0.1) is 0 Å². The van der Waals surface area contributed by atoms with Crippen molar-refractivity contribution in [3.63, 3.8) is 0 Å². The highest BCUT2D eigenvalue weighted by atomic mass is 16.5. The first-order chi connectivity index (χ1) is 8.31. The van der Waals surface area contributed by atoms with Gasteiger partial charge in [0.2, 0.25) is 0 Å². The monoisotopic (exact) mass is 230 g/mol. The van der Waals surface area contributed by atoms with Crippen LogP contribution in [0.15, 0.2) is 18.2 Å². The van der Waals surface area contributed by atoms with Crippen LogP contribution in [0.4, 0.5) is 0 Å². The molecule has 1 aromatic carbocycles. The van der Waals surface area contributed by atoms with Crippen molar-refractivity contribution in [2.45, 2.75) is 38.1 Å². The van der Waals surface area contributed by atoms with Gasteiger partial charge in [-0.1, -0.05) is 6.07 Å². The maximum absolute atomic E-state index is 8.43. The van der Waals surface area contributed by atoms with E-state index in [4.69, 9.17) is 15.7 Å². The van der Waals surface area contributed by atoms with Crippen molar-refractivity contribution in [1.82, 2.24) is 0 Å². The summed E-state index contributed by atoms with van der Waals surface area (Å²) in [5, 5.41) is 8.43. The van der Waals surface area contributed by atoms with E-state index in [9.17, 15) is 0 Å². The Balaban J connectivity index is 1.99. The molecular weight excluding hydrogens is 212 g/mol. The molecular formula is C14H18N2O. The second kappa shape index (κ2) is 5.70. The molecule has 0 radical (unpaired) electrons. The van der Waals surface area contributed by atoms with E-state index < -0.39 is 0 Å². The molecule has 17 heavy (non-hydrogen) atoms. The number of hydrogen-bond acceptors (Lipinski definition) is 3. The van der Waals surface area contributed by atoms with Gasteiger partial charge in [0.05, 0.1) is 12.7 Å².